The first-order chi connectivity index (χ1) is 9.79. The van der Waals surface area contributed by atoms with Crippen molar-refractivity contribution in [2.24, 2.45) is 0 Å². The largest absolute Gasteiger partial charge is 0.293 e. The van der Waals surface area contributed by atoms with Crippen LogP contribution in [0.25, 0.3) is 27.5 Å². The average molecular weight is 257 g/mol. The van der Waals surface area contributed by atoms with E-state index in [1.54, 1.807) is 0 Å². The van der Waals surface area contributed by atoms with Crippen molar-refractivity contribution >= 4 is 27.5 Å². The molecule has 94 valence electrons. The first-order valence-electron chi connectivity index (χ1n) is 6.48. The number of benzene rings is 2. The van der Waals surface area contributed by atoms with Gasteiger partial charge in [0.1, 0.15) is 11.6 Å². The van der Waals surface area contributed by atoms with Crippen LogP contribution in [0.4, 0.5) is 0 Å². The number of hydrogen-bond donors (Lipinski definition) is 0. The van der Waals surface area contributed by atoms with E-state index in [4.69, 9.17) is 0 Å². The van der Waals surface area contributed by atoms with Gasteiger partial charge in [-0.1, -0.05) is 29.8 Å². The summed E-state index contributed by atoms with van der Waals surface area (Å²) in [7, 11) is 0. The summed E-state index contributed by atoms with van der Waals surface area (Å²) in [5.74, 6) is 0. The summed E-state index contributed by atoms with van der Waals surface area (Å²) < 4.78 is 2.07. The molecule has 0 unspecified atom stereocenters. The molecular formula is C17H11N3. The standard InChI is InChI=1S/C17H11N3/c1-11-6-7-16-13(8-11)14(9-18)17-19-10-12-4-2-3-5-15(12)20(16)17/h2-8,10H,1H3. The third kappa shape index (κ3) is 1.31. The van der Waals surface area contributed by atoms with Crippen molar-refractivity contribution in [1.29, 1.82) is 5.26 Å². The van der Waals surface area contributed by atoms with Crippen molar-refractivity contribution in [2.75, 3.05) is 0 Å². The van der Waals surface area contributed by atoms with Crippen LogP contribution >= 0.6 is 0 Å². The van der Waals surface area contributed by atoms with Gasteiger partial charge in [-0.25, -0.2) is 4.98 Å². The van der Waals surface area contributed by atoms with E-state index < -0.39 is 0 Å². The summed E-state index contributed by atoms with van der Waals surface area (Å²) >= 11 is 0. The van der Waals surface area contributed by atoms with Crippen molar-refractivity contribution in [3.05, 3.63) is 59.8 Å². The smallest absolute Gasteiger partial charge is 0.156 e. The molecular weight excluding hydrogens is 246 g/mol. The number of aromatic nitrogens is 2. The van der Waals surface area contributed by atoms with E-state index in [9.17, 15) is 5.26 Å². The Morgan fingerprint density at radius 3 is 2.80 bits per heavy atom. The lowest BCUT2D eigenvalue weighted by Crippen LogP contribution is -1.91. The van der Waals surface area contributed by atoms with Crippen molar-refractivity contribution in [2.45, 2.75) is 6.92 Å². The molecule has 0 N–H and O–H groups in total. The first kappa shape index (κ1) is 11.0. The summed E-state index contributed by atoms with van der Waals surface area (Å²) in [6.45, 7) is 2.04. The lowest BCUT2D eigenvalue weighted by atomic mass is 10.1. The topological polar surface area (TPSA) is 41.1 Å². The van der Waals surface area contributed by atoms with Crippen LogP contribution in [0, 0.1) is 18.3 Å². The average Bonchev–Trinajstić information content (AvgIpc) is 2.80. The number of para-hydroxylation sites is 1. The van der Waals surface area contributed by atoms with Crippen molar-refractivity contribution in [1.82, 2.24) is 9.38 Å². The zero-order chi connectivity index (χ0) is 13.7. The van der Waals surface area contributed by atoms with E-state index in [1.807, 2.05) is 31.3 Å². The van der Waals surface area contributed by atoms with Gasteiger partial charge in [-0.15, -0.1) is 0 Å². The molecule has 0 bridgehead atoms. The van der Waals surface area contributed by atoms with Crippen LogP contribution in [0.15, 0.2) is 48.7 Å². The predicted molar refractivity (Wildman–Crippen MR) is 79.7 cm³/mol. The Hall–Kier alpha value is -2.86. The molecule has 0 atom stereocenters. The van der Waals surface area contributed by atoms with Crippen LogP contribution in [-0.2, 0) is 0 Å². The molecule has 0 saturated carbocycles. The molecule has 0 aliphatic heterocycles. The van der Waals surface area contributed by atoms with Gasteiger partial charge >= 0.3 is 0 Å². The zero-order valence-electron chi connectivity index (χ0n) is 11.0. The van der Waals surface area contributed by atoms with E-state index in [0.29, 0.717) is 5.56 Å². The van der Waals surface area contributed by atoms with Gasteiger partial charge in [0.2, 0.25) is 0 Å². The van der Waals surface area contributed by atoms with E-state index in [2.05, 4.69) is 39.7 Å². The summed E-state index contributed by atoms with van der Waals surface area (Å²) in [5, 5.41) is 11.5. The minimum absolute atomic E-state index is 0.648. The molecule has 0 aliphatic carbocycles. The van der Waals surface area contributed by atoms with Crippen molar-refractivity contribution in [3.63, 3.8) is 0 Å². The highest BCUT2D eigenvalue weighted by atomic mass is 15.0. The van der Waals surface area contributed by atoms with E-state index in [-0.39, 0.29) is 0 Å². The molecule has 20 heavy (non-hydrogen) atoms. The van der Waals surface area contributed by atoms with Crippen LogP contribution in [0.5, 0.6) is 0 Å². The molecule has 4 aromatic rings. The van der Waals surface area contributed by atoms with E-state index in [1.165, 1.54) is 0 Å². The molecule has 0 amide bonds. The summed E-state index contributed by atoms with van der Waals surface area (Å²) in [4.78, 5) is 4.49. The molecule has 0 aliphatic rings. The number of nitriles is 1. The number of hydrogen-bond acceptors (Lipinski definition) is 2. The minimum Gasteiger partial charge on any atom is -0.293 e. The van der Waals surface area contributed by atoms with Crippen LogP contribution in [-0.4, -0.2) is 9.38 Å². The van der Waals surface area contributed by atoms with Crippen LogP contribution in [0.3, 0.4) is 0 Å². The highest BCUT2D eigenvalue weighted by Crippen LogP contribution is 2.29. The second kappa shape index (κ2) is 3.82. The van der Waals surface area contributed by atoms with Gasteiger partial charge < -0.3 is 0 Å². The lowest BCUT2D eigenvalue weighted by Gasteiger charge is -2.03. The molecule has 3 heteroatoms. The van der Waals surface area contributed by atoms with Crippen LogP contribution < -0.4 is 0 Å². The van der Waals surface area contributed by atoms with Crippen molar-refractivity contribution < 1.29 is 0 Å². The van der Waals surface area contributed by atoms with E-state index >= 15 is 0 Å². The number of rotatable bonds is 0. The van der Waals surface area contributed by atoms with Gasteiger partial charge in [0, 0.05) is 17.0 Å². The Labute approximate surface area is 115 Å². The Morgan fingerprint density at radius 2 is 1.95 bits per heavy atom. The maximum absolute atomic E-state index is 9.48. The van der Waals surface area contributed by atoms with E-state index in [0.717, 1.165) is 33.0 Å². The molecule has 0 fully saturated rings. The van der Waals surface area contributed by atoms with Gasteiger partial charge in [-0.05, 0) is 25.1 Å². The molecule has 4 rings (SSSR count). The highest BCUT2D eigenvalue weighted by molar-refractivity contribution is 5.98. The normalized spacial score (nSPS) is 11.2. The van der Waals surface area contributed by atoms with Gasteiger partial charge in [-0.2, -0.15) is 5.26 Å². The first-order valence-corrected chi connectivity index (χ1v) is 6.48. The van der Waals surface area contributed by atoms with Crippen molar-refractivity contribution in [3.8, 4) is 6.07 Å². The molecule has 0 radical (unpaired) electrons. The minimum atomic E-state index is 0.648. The van der Waals surface area contributed by atoms with Gasteiger partial charge in [-0.3, -0.25) is 4.40 Å². The second-order valence-electron chi connectivity index (χ2n) is 4.98. The maximum atomic E-state index is 9.48. The number of nitrogens with zero attached hydrogens (tertiary/aromatic N) is 3. The third-order valence-corrected chi connectivity index (χ3v) is 3.71. The van der Waals surface area contributed by atoms with Gasteiger partial charge in [0.05, 0.1) is 11.0 Å². The highest BCUT2D eigenvalue weighted by Gasteiger charge is 2.14. The fraction of sp³-hybridized carbons (Fsp3) is 0.0588. The Balaban J connectivity index is 2.39. The summed E-state index contributed by atoms with van der Waals surface area (Å²) in [6.07, 6.45) is 1.83. The quantitative estimate of drug-likeness (QED) is 0.480. The molecule has 2 heterocycles. The van der Waals surface area contributed by atoms with Gasteiger partial charge in [0.25, 0.3) is 0 Å². The lowest BCUT2D eigenvalue weighted by molar-refractivity contribution is 1.23. The summed E-state index contributed by atoms with van der Waals surface area (Å²) in [5.41, 5.74) is 4.63. The Bertz CT molecular complexity index is 1020. The zero-order valence-corrected chi connectivity index (χ0v) is 11.0. The maximum Gasteiger partial charge on any atom is 0.156 e. The molecule has 2 aromatic heterocycles. The fourth-order valence-corrected chi connectivity index (χ4v) is 2.80. The molecule has 0 saturated heterocycles. The SMILES string of the molecule is Cc1ccc2c(c1)c(C#N)c1ncc3ccccc3n12. The molecule has 0 spiro atoms. The second-order valence-corrected chi connectivity index (χ2v) is 4.98. The van der Waals surface area contributed by atoms with Crippen LogP contribution in [0.1, 0.15) is 11.1 Å². The number of aryl methyl sites for hydroxylation is 1. The van der Waals surface area contributed by atoms with Gasteiger partial charge in [0.15, 0.2) is 5.65 Å². The predicted octanol–water partition coefficient (Wildman–Crippen LogP) is 3.82. The Morgan fingerprint density at radius 1 is 1.10 bits per heavy atom. The van der Waals surface area contributed by atoms with Crippen LogP contribution in [0.2, 0.25) is 0 Å². The third-order valence-electron chi connectivity index (χ3n) is 3.71. The number of fused-ring (bicyclic) bond motifs is 5. The molecule has 2 aromatic carbocycles. The fourth-order valence-electron chi connectivity index (χ4n) is 2.80. The monoisotopic (exact) mass is 257 g/mol. The molecule has 3 nitrogen and oxygen atoms in total. The summed E-state index contributed by atoms with van der Waals surface area (Å²) in [6, 6.07) is 16.6. The Kier molecular flexibility index (Phi) is 2.10.